The molecule has 1 aliphatic heterocycles. The lowest BCUT2D eigenvalue weighted by Gasteiger charge is -2.46. The molecule has 2 aliphatic rings. The molecule has 2 rings (SSSR count). The minimum Gasteiger partial charge on any atom is -0.368 e. The molecule has 0 amide bonds. The monoisotopic (exact) mass is 212 g/mol. The Morgan fingerprint density at radius 1 is 1.13 bits per heavy atom. The van der Waals surface area contributed by atoms with Crippen LogP contribution >= 0.6 is 0 Å². The van der Waals surface area contributed by atoms with E-state index in [1.165, 1.54) is 32.1 Å². The topological polar surface area (TPSA) is 29.5 Å². The molecule has 2 heteroatoms. The van der Waals surface area contributed by atoms with Gasteiger partial charge in [-0.05, 0) is 30.6 Å². The summed E-state index contributed by atoms with van der Waals surface area (Å²) in [7, 11) is 0. The van der Waals surface area contributed by atoms with E-state index in [2.05, 4.69) is 13.8 Å². The van der Waals surface area contributed by atoms with Gasteiger partial charge < -0.3 is 9.84 Å². The van der Waals surface area contributed by atoms with Gasteiger partial charge in [-0.15, -0.1) is 0 Å². The average molecular weight is 212 g/mol. The first kappa shape index (κ1) is 11.4. The number of aliphatic hydroxyl groups excluding tert-OH is 1. The van der Waals surface area contributed by atoms with Crippen molar-refractivity contribution in [3.8, 4) is 0 Å². The Morgan fingerprint density at radius 2 is 1.80 bits per heavy atom. The molecule has 0 bridgehead atoms. The Morgan fingerprint density at radius 3 is 2.40 bits per heavy atom. The zero-order valence-electron chi connectivity index (χ0n) is 10.0. The first-order chi connectivity index (χ1) is 7.11. The van der Waals surface area contributed by atoms with Crippen LogP contribution in [-0.2, 0) is 4.74 Å². The molecule has 88 valence electrons. The van der Waals surface area contributed by atoms with Crippen LogP contribution in [0.15, 0.2) is 0 Å². The molecule has 0 spiro atoms. The summed E-state index contributed by atoms with van der Waals surface area (Å²) in [6.07, 6.45) is 7.19. The smallest absolute Gasteiger partial charge is 0.158 e. The van der Waals surface area contributed by atoms with Gasteiger partial charge in [-0.1, -0.05) is 33.1 Å². The molecule has 2 fully saturated rings. The van der Waals surface area contributed by atoms with Gasteiger partial charge in [-0.3, -0.25) is 0 Å². The van der Waals surface area contributed by atoms with Gasteiger partial charge in [0.05, 0.1) is 6.61 Å². The third kappa shape index (κ3) is 2.36. The Hall–Kier alpha value is -0.0800. The molecule has 0 aromatic heterocycles. The largest absolute Gasteiger partial charge is 0.368 e. The number of hydrogen-bond acceptors (Lipinski definition) is 2. The summed E-state index contributed by atoms with van der Waals surface area (Å²) in [5.74, 6) is 1.04. The van der Waals surface area contributed by atoms with Crippen molar-refractivity contribution in [2.45, 2.75) is 58.7 Å². The maximum Gasteiger partial charge on any atom is 0.158 e. The lowest BCUT2D eigenvalue weighted by Crippen LogP contribution is -2.46. The van der Waals surface area contributed by atoms with Gasteiger partial charge in [-0.2, -0.15) is 0 Å². The normalized spacial score (nSPS) is 37.8. The number of hydrogen-bond donors (Lipinski definition) is 1. The van der Waals surface area contributed by atoms with Gasteiger partial charge in [-0.25, -0.2) is 0 Å². The molecule has 1 aliphatic carbocycles. The van der Waals surface area contributed by atoms with E-state index in [1.54, 1.807) is 0 Å². The van der Waals surface area contributed by atoms with E-state index in [9.17, 15) is 5.11 Å². The van der Waals surface area contributed by atoms with Crippen LogP contribution in [-0.4, -0.2) is 18.0 Å². The van der Waals surface area contributed by atoms with Crippen molar-refractivity contribution in [1.82, 2.24) is 0 Å². The van der Waals surface area contributed by atoms with E-state index in [1.807, 2.05) is 0 Å². The number of rotatable bonds is 1. The van der Waals surface area contributed by atoms with Gasteiger partial charge in [0.15, 0.2) is 6.29 Å². The Labute approximate surface area is 93.0 Å². The van der Waals surface area contributed by atoms with Crippen molar-refractivity contribution in [2.24, 2.45) is 17.3 Å². The minimum atomic E-state index is -0.517. The van der Waals surface area contributed by atoms with Gasteiger partial charge >= 0.3 is 0 Å². The molecule has 1 heterocycles. The molecule has 0 radical (unpaired) electrons. The first-order valence-electron chi connectivity index (χ1n) is 6.41. The molecule has 2 unspecified atom stereocenters. The summed E-state index contributed by atoms with van der Waals surface area (Å²) in [5, 5.41) is 10.0. The maximum absolute atomic E-state index is 10.0. The molecule has 2 atom stereocenters. The SMILES string of the molecule is CC1(C)CCOC(O)C1C1CCCCC1. The second-order valence-electron chi connectivity index (χ2n) is 5.92. The fraction of sp³-hybridized carbons (Fsp3) is 1.00. The zero-order chi connectivity index (χ0) is 10.9. The van der Waals surface area contributed by atoms with Crippen LogP contribution in [0.4, 0.5) is 0 Å². The van der Waals surface area contributed by atoms with E-state index >= 15 is 0 Å². The highest BCUT2D eigenvalue weighted by Gasteiger charge is 2.43. The number of aliphatic hydroxyl groups is 1. The Kier molecular flexibility index (Phi) is 3.36. The van der Waals surface area contributed by atoms with Crippen molar-refractivity contribution in [3.63, 3.8) is 0 Å². The van der Waals surface area contributed by atoms with Crippen molar-refractivity contribution < 1.29 is 9.84 Å². The predicted octanol–water partition coefficient (Wildman–Crippen LogP) is 2.95. The van der Waals surface area contributed by atoms with E-state index < -0.39 is 6.29 Å². The summed E-state index contributed by atoms with van der Waals surface area (Å²) in [6, 6.07) is 0. The fourth-order valence-electron chi connectivity index (χ4n) is 3.46. The van der Waals surface area contributed by atoms with Crippen LogP contribution in [0.1, 0.15) is 52.4 Å². The molecule has 0 aromatic carbocycles. The van der Waals surface area contributed by atoms with E-state index in [4.69, 9.17) is 4.74 Å². The van der Waals surface area contributed by atoms with Gasteiger partial charge in [0.2, 0.25) is 0 Å². The van der Waals surface area contributed by atoms with E-state index in [0.717, 1.165) is 13.0 Å². The highest BCUT2D eigenvalue weighted by atomic mass is 16.6. The molecule has 1 N–H and O–H groups in total. The zero-order valence-corrected chi connectivity index (χ0v) is 10.0. The first-order valence-corrected chi connectivity index (χ1v) is 6.41. The van der Waals surface area contributed by atoms with Gasteiger partial charge in [0.25, 0.3) is 0 Å². The van der Waals surface area contributed by atoms with E-state index in [-0.39, 0.29) is 5.41 Å². The third-order valence-corrected chi connectivity index (χ3v) is 4.40. The molecular weight excluding hydrogens is 188 g/mol. The quantitative estimate of drug-likeness (QED) is 0.724. The summed E-state index contributed by atoms with van der Waals surface area (Å²) < 4.78 is 5.43. The van der Waals surface area contributed by atoms with Gasteiger partial charge in [0.1, 0.15) is 0 Å². The number of ether oxygens (including phenoxy) is 1. The second kappa shape index (κ2) is 4.42. The molecular formula is C13H24O2. The molecule has 1 saturated carbocycles. The predicted molar refractivity (Wildman–Crippen MR) is 60.4 cm³/mol. The van der Waals surface area contributed by atoms with Crippen LogP contribution in [0.3, 0.4) is 0 Å². The van der Waals surface area contributed by atoms with Crippen LogP contribution in [0.25, 0.3) is 0 Å². The van der Waals surface area contributed by atoms with Crippen LogP contribution in [0.5, 0.6) is 0 Å². The van der Waals surface area contributed by atoms with Crippen molar-refractivity contribution in [2.75, 3.05) is 6.61 Å². The highest BCUT2D eigenvalue weighted by molar-refractivity contribution is 4.89. The Balaban J connectivity index is 2.08. The molecule has 2 nitrogen and oxygen atoms in total. The fourth-order valence-corrected chi connectivity index (χ4v) is 3.46. The minimum absolute atomic E-state index is 0.250. The van der Waals surface area contributed by atoms with Crippen LogP contribution in [0, 0.1) is 17.3 Å². The molecule has 15 heavy (non-hydrogen) atoms. The standard InChI is InChI=1S/C13H24O2/c1-13(2)8-9-15-12(14)11(13)10-6-4-3-5-7-10/h10-12,14H,3-9H2,1-2H3. The highest BCUT2D eigenvalue weighted by Crippen LogP contribution is 2.46. The Bertz CT molecular complexity index is 207. The summed E-state index contributed by atoms with van der Waals surface area (Å²) in [4.78, 5) is 0. The van der Waals surface area contributed by atoms with Crippen molar-refractivity contribution in [1.29, 1.82) is 0 Å². The summed E-state index contributed by atoms with van der Waals surface area (Å²) in [6.45, 7) is 5.30. The van der Waals surface area contributed by atoms with Crippen molar-refractivity contribution in [3.05, 3.63) is 0 Å². The average Bonchev–Trinajstić information content (AvgIpc) is 2.17. The molecule has 1 saturated heterocycles. The lowest BCUT2D eigenvalue weighted by atomic mass is 9.65. The van der Waals surface area contributed by atoms with Crippen LogP contribution < -0.4 is 0 Å². The summed E-state index contributed by atoms with van der Waals surface area (Å²) >= 11 is 0. The van der Waals surface area contributed by atoms with Gasteiger partial charge in [0, 0.05) is 5.92 Å². The van der Waals surface area contributed by atoms with Crippen molar-refractivity contribution >= 4 is 0 Å². The maximum atomic E-state index is 10.0. The third-order valence-electron chi connectivity index (χ3n) is 4.40. The van der Waals surface area contributed by atoms with E-state index in [0.29, 0.717) is 11.8 Å². The molecule has 0 aromatic rings. The van der Waals surface area contributed by atoms with Crippen LogP contribution in [0.2, 0.25) is 0 Å². The summed E-state index contributed by atoms with van der Waals surface area (Å²) in [5.41, 5.74) is 0.250. The lowest BCUT2D eigenvalue weighted by molar-refractivity contribution is -0.214. The second-order valence-corrected chi connectivity index (χ2v) is 5.92.